The second-order valence-electron chi connectivity index (χ2n) is 4.73. The van der Waals surface area contributed by atoms with E-state index < -0.39 is 17.5 Å². The van der Waals surface area contributed by atoms with E-state index in [-0.39, 0.29) is 12.1 Å². The highest BCUT2D eigenvalue weighted by molar-refractivity contribution is 6.52. The molecule has 2 aromatic carbocycles. The summed E-state index contributed by atoms with van der Waals surface area (Å²) in [6.45, 7) is 0.237. The molecular formula is C16H12FNO3. The van der Waals surface area contributed by atoms with Crippen LogP contribution in [0.3, 0.4) is 0 Å². The predicted octanol–water partition coefficient (Wildman–Crippen LogP) is 2.56. The molecule has 0 spiro atoms. The van der Waals surface area contributed by atoms with Crippen molar-refractivity contribution in [3.63, 3.8) is 0 Å². The van der Waals surface area contributed by atoms with Gasteiger partial charge in [0.25, 0.3) is 11.7 Å². The molecule has 0 aliphatic carbocycles. The van der Waals surface area contributed by atoms with Gasteiger partial charge < -0.3 is 9.64 Å². The first-order valence-electron chi connectivity index (χ1n) is 6.39. The molecule has 0 aromatic heterocycles. The van der Waals surface area contributed by atoms with Crippen LogP contribution in [0.4, 0.5) is 10.1 Å². The number of rotatable bonds is 3. The van der Waals surface area contributed by atoms with E-state index in [4.69, 9.17) is 4.74 Å². The maximum atomic E-state index is 13.2. The third-order valence-corrected chi connectivity index (χ3v) is 3.41. The van der Waals surface area contributed by atoms with Crippen molar-refractivity contribution < 1.29 is 18.7 Å². The molecule has 0 saturated heterocycles. The number of hydrogen-bond donors (Lipinski definition) is 0. The fraction of sp³-hybridized carbons (Fsp3) is 0.125. The van der Waals surface area contributed by atoms with Crippen molar-refractivity contribution in [2.75, 3.05) is 12.0 Å². The quantitative estimate of drug-likeness (QED) is 0.814. The van der Waals surface area contributed by atoms with E-state index in [2.05, 4.69) is 0 Å². The predicted molar refractivity (Wildman–Crippen MR) is 74.9 cm³/mol. The van der Waals surface area contributed by atoms with Crippen molar-refractivity contribution in [2.24, 2.45) is 0 Å². The van der Waals surface area contributed by atoms with Gasteiger partial charge in [-0.2, -0.15) is 0 Å². The van der Waals surface area contributed by atoms with Crippen LogP contribution in [0.2, 0.25) is 0 Å². The molecule has 0 saturated carbocycles. The SMILES string of the molecule is COc1cccc(CN2C(=O)C(=O)c3cc(F)ccc32)c1. The number of amides is 1. The van der Waals surface area contributed by atoms with Gasteiger partial charge in [-0.1, -0.05) is 12.1 Å². The Kier molecular flexibility index (Phi) is 3.17. The highest BCUT2D eigenvalue weighted by Crippen LogP contribution is 2.31. The summed E-state index contributed by atoms with van der Waals surface area (Å²) in [4.78, 5) is 25.3. The Bertz CT molecular complexity index is 742. The van der Waals surface area contributed by atoms with E-state index >= 15 is 0 Å². The highest BCUT2D eigenvalue weighted by atomic mass is 19.1. The summed E-state index contributed by atoms with van der Waals surface area (Å²) in [5.41, 5.74) is 1.38. The molecule has 1 aliphatic heterocycles. The molecule has 1 amide bonds. The lowest BCUT2D eigenvalue weighted by Gasteiger charge is -2.17. The third kappa shape index (κ3) is 2.27. The van der Waals surface area contributed by atoms with E-state index in [0.29, 0.717) is 11.4 Å². The molecule has 0 N–H and O–H groups in total. The molecule has 5 heteroatoms. The van der Waals surface area contributed by atoms with Crippen molar-refractivity contribution in [3.05, 3.63) is 59.4 Å². The lowest BCUT2D eigenvalue weighted by Crippen LogP contribution is -2.29. The number of fused-ring (bicyclic) bond motifs is 1. The van der Waals surface area contributed by atoms with E-state index in [0.717, 1.165) is 11.6 Å². The van der Waals surface area contributed by atoms with Crippen LogP contribution in [0.5, 0.6) is 5.75 Å². The molecule has 0 atom stereocenters. The fourth-order valence-corrected chi connectivity index (χ4v) is 2.38. The number of ether oxygens (including phenoxy) is 1. The lowest BCUT2D eigenvalue weighted by atomic mass is 10.1. The number of anilines is 1. The number of methoxy groups -OCH3 is 1. The molecule has 0 unspecified atom stereocenters. The van der Waals surface area contributed by atoms with Crippen molar-refractivity contribution in [2.45, 2.75) is 6.54 Å². The second-order valence-corrected chi connectivity index (χ2v) is 4.73. The summed E-state index contributed by atoms with van der Waals surface area (Å²) >= 11 is 0. The average Bonchev–Trinajstić information content (AvgIpc) is 2.72. The van der Waals surface area contributed by atoms with Gasteiger partial charge in [-0.15, -0.1) is 0 Å². The van der Waals surface area contributed by atoms with Gasteiger partial charge in [-0.3, -0.25) is 9.59 Å². The minimum Gasteiger partial charge on any atom is -0.497 e. The van der Waals surface area contributed by atoms with Crippen LogP contribution in [0, 0.1) is 5.82 Å². The molecule has 3 rings (SSSR count). The first-order chi connectivity index (χ1) is 10.1. The van der Waals surface area contributed by atoms with Crippen LogP contribution in [0.25, 0.3) is 0 Å². The number of ketones is 1. The Balaban J connectivity index is 1.96. The molecule has 106 valence electrons. The standard InChI is InChI=1S/C16H12FNO3/c1-21-12-4-2-3-10(7-12)9-18-14-6-5-11(17)8-13(14)15(19)16(18)20/h2-8H,9H2,1H3. The topological polar surface area (TPSA) is 46.6 Å². The molecule has 2 aromatic rings. The molecule has 0 fully saturated rings. The Labute approximate surface area is 120 Å². The molecule has 0 bridgehead atoms. The first-order valence-corrected chi connectivity index (χ1v) is 6.39. The second kappa shape index (κ2) is 5.01. The molecule has 0 radical (unpaired) electrons. The Morgan fingerprint density at radius 1 is 1.14 bits per heavy atom. The van der Waals surface area contributed by atoms with Crippen LogP contribution in [0.1, 0.15) is 15.9 Å². The van der Waals surface area contributed by atoms with Crippen LogP contribution in [-0.4, -0.2) is 18.8 Å². The lowest BCUT2D eigenvalue weighted by molar-refractivity contribution is -0.114. The van der Waals surface area contributed by atoms with E-state index in [1.54, 1.807) is 19.2 Å². The van der Waals surface area contributed by atoms with Gasteiger partial charge in [-0.25, -0.2) is 4.39 Å². The van der Waals surface area contributed by atoms with E-state index in [9.17, 15) is 14.0 Å². The normalized spacial score (nSPS) is 13.5. The summed E-state index contributed by atoms with van der Waals surface area (Å²) in [6, 6.07) is 11.0. The zero-order valence-corrected chi connectivity index (χ0v) is 11.3. The number of hydrogen-bond acceptors (Lipinski definition) is 3. The minimum atomic E-state index is -0.674. The van der Waals surface area contributed by atoms with Gasteiger partial charge in [0.1, 0.15) is 11.6 Å². The first kappa shape index (κ1) is 13.3. The zero-order chi connectivity index (χ0) is 15.0. The van der Waals surface area contributed by atoms with Gasteiger partial charge in [0, 0.05) is 0 Å². The fourth-order valence-electron chi connectivity index (χ4n) is 2.38. The van der Waals surface area contributed by atoms with Crippen LogP contribution >= 0.6 is 0 Å². The number of Topliss-reactive ketones (excluding diaryl/α,β-unsaturated/α-hetero) is 1. The van der Waals surface area contributed by atoms with Crippen molar-refractivity contribution >= 4 is 17.4 Å². The number of carbonyl (C=O) groups is 2. The number of carbonyl (C=O) groups excluding carboxylic acids is 2. The maximum Gasteiger partial charge on any atom is 0.299 e. The highest BCUT2D eigenvalue weighted by Gasteiger charge is 2.35. The number of nitrogens with zero attached hydrogens (tertiary/aromatic N) is 1. The molecule has 1 heterocycles. The monoisotopic (exact) mass is 285 g/mol. The van der Waals surface area contributed by atoms with Gasteiger partial charge in [-0.05, 0) is 35.9 Å². The summed E-state index contributed by atoms with van der Waals surface area (Å²) < 4.78 is 18.3. The van der Waals surface area contributed by atoms with E-state index in [1.807, 2.05) is 12.1 Å². The number of halogens is 1. The number of benzene rings is 2. The molecule has 1 aliphatic rings. The molecule has 21 heavy (non-hydrogen) atoms. The van der Waals surface area contributed by atoms with Crippen molar-refractivity contribution in [3.8, 4) is 5.75 Å². The van der Waals surface area contributed by atoms with Crippen molar-refractivity contribution in [1.82, 2.24) is 0 Å². The zero-order valence-electron chi connectivity index (χ0n) is 11.3. The maximum absolute atomic E-state index is 13.2. The largest absolute Gasteiger partial charge is 0.497 e. The van der Waals surface area contributed by atoms with Crippen molar-refractivity contribution in [1.29, 1.82) is 0 Å². The Morgan fingerprint density at radius 3 is 2.71 bits per heavy atom. The Morgan fingerprint density at radius 2 is 1.95 bits per heavy atom. The summed E-state index contributed by atoms with van der Waals surface area (Å²) in [7, 11) is 1.56. The smallest absolute Gasteiger partial charge is 0.299 e. The summed E-state index contributed by atoms with van der Waals surface area (Å²) in [5, 5.41) is 0. The van der Waals surface area contributed by atoms with Gasteiger partial charge in [0.15, 0.2) is 0 Å². The van der Waals surface area contributed by atoms with Gasteiger partial charge >= 0.3 is 0 Å². The van der Waals surface area contributed by atoms with Crippen LogP contribution in [-0.2, 0) is 11.3 Å². The van der Waals surface area contributed by atoms with Crippen LogP contribution < -0.4 is 9.64 Å². The molecular weight excluding hydrogens is 273 g/mol. The molecule has 4 nitrogen and oxygen atoms in total. The summed E-state index contributed by atoms with van der Waals surface area (Å²) in [5.74, 6) is -1.17. The van der Waals surface area contributed by atoms with Crippen LogP contribution in [0.15, 0.2) is 42.5 Å². The van der Waals surface area contributed by atoms with Gasteiger partial charge in [0.05, 0.1) is 24.9 Å². The Hall–Kier alpha value is -2.69. The minimum absolute atomic E-state index is 0.114. The van der Waals surface area contributed by atoms with Gasteiger partial charge in [0.2, 0.25) is 0 Å². The average molecular weight is 285 g/mol. The third-order valence-electron chi connectivity index (χ3n) is 3.41. The van der Waals surface area contributed by atoms with E-state index in [1.165, 1.54) is 17.0 Å². The summed E-state index contributed by atoms with van der Waals surface area (Å²) in [6.07, 6.45) is 0.